The highest BCUT2D eigenvalue weighted by molar-refractivity contribution is 5.71. The molecule has 3 aliphatic rings. The molecule has 2 nitrogen and oxygen atoms in total. The quantitative estimate of drug-likeness (QED) is 0.646. The second-order valence-electron chi connectivity index (χ2n) is 4.79. The molecule has 66 valence electrons. The van der Waals surface area contributed by atoms with Crippen LogP contribution in [0.5, 0.6) is 0 Å². The summed E-state index contributed by atoms with van der Waals surface area (Å²) in [5.41, 5.74) is 0.545. The highest BCUT2D eigenvalue weighted by Crippen LogP contribution is 2.72. The van der Waals surface area contributed by atoms with Gasteiger partial charge in [0.15, 0.2) is 0 Å². The van der Waals surface area contributed by atoms with E-state index in [-0.39, 0.29) is 5.92 Å². The number of carboxylic acids is 1. The summed E-state index contributed by atoms with van der Waals surface area (Å²) in [5, 5.41) is 9.00. The zero-order valence-electron chi connectivity index (χ0n) is 7.12. The van der Waals surface area contributed by atoms with Crippen molar-refractivity contribution in [1.29, 1.82) is 0 Å². The molecule has 0 saturated heterocycles. The molecule has 1 spiro atoms. The van der Waals surface area contributed by atoms with Crippen LogP contribution in [-0.2, 0) is 4.79 Å². The van der Waals surface area contributed by atoms with Gasteiger partial charge in [-0.05, 0) is 49.4 Å². The van der Waals surface area contributed by atoms with Crippen LogP contribution >= 0.6 is 0 Å². The molecule has 3 unspecified atom stereocenters. The highest BCUT2D eigenvalue weighted by atomic mass is 16.4. The fourth-order valence-corrected chi connectivity index (χ4v) is 3.88. The molecule has 0 aromatic carbocycles. The van der Waals surface area contributed by atoms with Gasteiger partial charge in [0.1, 0.15) is 0 Å². The second-order valence-corrected chi connectivity index (χ2v) is 4.79. The van der Waals surface area contributed by atoms with E-state index in [0.717, 1.165) is 12.3 Å². The first-order chi connectivity index (χ1) is 5.74. The number of carboxylic acid groups (broad SMARTS) is 1. The summed E-state index contributed by atoms with van der Waals surface area (Å²) in [6.07, 6.45) is 6.15. The van der Waals surface area contributed by atoms with Crippen LogP contribution in [-0.4, -0.2) is 11.1 Å². The zero-order chi connectivity index (χ0) is 8.34. The molecule has 0 radical (unpaired) electrons. The predicted octanol–water partition coefficient (Wildman–Crippen LogP) is 1.90. The standard InChI is InChI=1S/C10H14O2/c11-9(12)7-5-6-1-2-8(7)10(6)3-4-10/h6-8H,1-5H2,(H,11,12). The Morgan fingerprint density at radius 2 is 2.08 bits per heavy atom. The minimum atomic E-state index is -0.534. The Hall–Kier alpha value is -0.530. The molecule has 2 bridgehead atoms. The van der Waals surface area contributed by atoms with Crippen molar-refractivity contribution >= 4 is 5.97 Å². The molecular formula is C10H14O2. The molecule has 3 aliphatic carbocycles. The molecule has 3 fully saturated rings. The summed E-state index contributed by atoms with van der Waals surface area (Å²) < 4.78 is 0. The predicted molar refractivity (Wildman–Crippen MR) is 43.6 cm³/mol. The van der Waals surface area contributed by atoms with Crippen LogP contribution in [0, 0.1) is 23.2 Å². The maximum absolute atomic E-state index is 10.9. The van der Waals surface area contributed by atoms with E-state index in [1.165, 1.54) is 25.7 Å². The molecule has 0 heterocycles. The van der Waals surface area contributed by atoms with Gasteiger partial charge in [-0.15, -0.1) is 0 Å². The molecule has 2 heteroatoms. The molecular weight excluding hydrogens is 152 g/mol. The molecule has 3 rings (SSSR count). The van der Waals surface area contributed by atoms with Crippen LogP contribution in [0.4, 0.5) is 0 Å². The monoisotopic (exact) mass is 166 g/mol. The summed E-state index contributed by atoms with van der Waals surface area (Å²) in [4.78, 5) is 10.9. The van der Waals surface area contributed by atoms with Gasteiger partial charge in [-0.1, -0.05) is 0 Å². The van der Waals surface area contributed by atoms with E-state index in [0.29, 0.717) is 11.3 Å². The van der Waals surface area contributed by atoms with Crippen LogP contribution in [0.25, 0.3) is 0 Å². The Morgan fingerprint density at radius 3 is 2.50 bits per heavy atom. The SMILES string of the molecule is O=C(O)C1CC2CCC1C21CC1. The van der Waals surface area contributed by atoms with E-state index < -0.39 is 5.97 Å². The van der Waals surface area contributed by atoms with E-state index in [1.807, 2.05) is 0 Å². The van der Waals surface area contributed by atoms with Gasteiger partial charge in [-0.2, -0.15) is 0 Å². The number of hydrogen-bond acceptors (Lipinski definition) is 1. The van der Waals surface area contributed by atoms with Crippen LogP contribution in [0.2, 0.25) is 0 Å². The van der Waals surface area contributed by atoms with Gasteiger partial charge >= 0.3 is 5.97 Å². The zero-order valence-corrected chi connectivity index (χ0v) is 7.12. The summed E-state index contributed by atoms with van der Waals surface area (Å²) in [6, 6.07) is 0. The van der Waals surface area contributed by atoms with E-state index in [1.54, 1.807) is 0 Å². The van der Waals surface area contributed by atoms with Crippen LogP contribution in [0.3, 0.4) is 0 Å². The van der Waals surface area contributed by atoms with Gasteiger partial charge < -0.3 is 5.11 Å². The molecule has 3 saturated carbocycles. The van der Waals surface area contributed by atoms with Crippen molar-refractivity contribution < 1.29 is 9.90 Å². The lowest BCUT2D eigenvalue weighted by atomic mass is 9.87. The largest absolute Gasteiger partial charge is 0.481 e. The fraction of sp³-hybridized carbons (Fsp3) is 0.900. The average molecular weight is 166 g/mol. The van der Waals surface area contributed by atoms with E-state index in [9.17, 15) is 4.79 Å². The lowest BCUT2D eigenvalue weighted by molar-refractivity contribution is -0.143. The maximum Gasteiger partial charge on any atom is 0.306 e. The lowest BCUT2D eigenvalue weighted by Gasteiger charge is -2.17. The number of hydrogen-bond donors (Lipinski definition) is 1. The fourth-order valence-electron chi connectivity index (χ4n) is 3.88. The van der Waals surface area contributed by atoms with Crippen molar-refractivity contribution in [3.63, 3.8) is 0 Å². The summed E-state index contributed by atoms with van der Waals surface area (Å²) in [7, 11) is 0. The van der Waals surface area contributed by atoms with Gasteiger partial charge in [0.05, 0.1) is 5.92 Å². The van der Waals surface area contributed by atoms with Gasteiger partial charge in [0.2, 0.25) is 0 Å². The highest BCUT2D eigenvalue weighted by Gasteiger charge is 2.66. The Balaban J connectivity index is 1.92. The first kappa shape index (κ1) is 6.93. The normalized spacial score (nSPS) is 46.8. The minimum Gasteiger partial charge on any atom is -0.481 e. The van der Waals surface area contributed by atoms with Gasteiger partial charge in [-0.3, -0.25) is 4.79 Å². The average Bonchev–Trinajstić information content (AvgIpc) is 2.69. The van der Waals surface area contributed by atoms with E-state index >= 15 is 0 Å². The van der Waals surface area contributed by atoms with Crippen molar-refractivity contribution in [1.82, 2.24) is 0 Å². The van der Waals surface area contributed by atoms with Crippen molar-refractivity contribution in [2.45, 2.75) is 32.1 Å². The molecule has 0 aromatic rings. The topological polar surface area (TPSA) is 37.3 Å². The first-order valence-corrected chi connectivity index (χ1v) is 4.97. The smallest absolute Gasteiger partial charge is 0.306 e. The van der Waals surface area contributed by atoms with Gasteiger partial charge in [-0.25, -0.2) is 0 Å². The van der Waals surface area contributed by atoms with Crippen molar-refractivity contribution in [3.05, 3.63) is 0 Å². The Bertz CT molecular complexity index is 242. The Kier molecular flexibility index (Phi) is 1.07. The molecule has 3 atom stereocenters. The third kappa shape index (κ3) is 0.606. The maximum atomic E-state index is 10.9. The second kappa shape index (κ2) is 1.86. The Labute approximate surface area is 72.0 Å². The Morgan fingerprint density at radius 1 is 1.33 bits per heavy atom. The lowest BCUT2D eigenvalue weighted by Crippen LogP contribution is -2.21. The summed E-state index contributed by atoms with van der Waals surface area (Å²) in [5.74, 6) is 0.823. The van der Waals surface area contributed by atoms with Crippen molar-refractivity contribution in [2.75, 3.05) is 0 Å². The van der Waals surface area contributed by atoms with E-state index in [2.05, 4.69) is 0 Å². The third-order valence-electron chi connectivity index (χ3n) is 4.55. The number of rotatable bonds is 1. The molecule has 0 aromatic heterocycles. The van der Waals surface area contributed by atoms with Crippen LogP contribution in [0.1, 0.15) is 32.1 Å². The van der Waals surface area contributed by atoms with Gasteiger partial charge in [0.25, 0.3) is 0 Å². The number of aliphatic carboxylic acids is 1. The summed E-state index contributed by atoms with van der Waals surface area (Å²) in [6.45, 7) is 0. The van der Waals surface area contributed by atoms with Crippen LogP contribution in [0.15, 0.2) is 0 Å². The third-order valence-corrected chi connectivity index (χ3v) is 4.55. The van der Waals surface area contributed by atoms with Crippen molar-refractivity contribution in [3.8, 4) is 0 Å². The molecule has 0 aliphatic heterocycles. The molecule has 1 N–H and O–H groups in total. The van der Waals surface area contributed by atoms with Crippen molar-refractivity contribution in [2.24, 2.45) is 23.2 Å². The number of carbonyl (C=O) groups is 1. The minimum absolute atomic E-state index is 0.0197. The summed E-state index contributed by atoms with van der Waals surface area (Å²) >= 11 is 0. The first-order valence-electron chi connectivity index (χ1n) is 4.97. The van der Waals surface area contributed by atoms with E-state index in [4.69, 9.17) is 5.11 Å². The van der Waals surface area contributed by atoms with Crippen LogP contribution < -0.4 is 0 Å². The molecule has 12 heavy (non-hydrogen) atoms. The molecule has 0 amide bonds. The van der Waals surface area contributed by atoms with Gasteiger partial charge in [0, 0.05) is 0 Å².